The number of carbonyl (C=O) groups is 1. The molecule has 1 aromatic heterocycles. The number of aromatic amines is 1. The lowest BCUT2D eigenvalue weighted by Crippen LogP contribution is -2.50. The number of piperazine rings is 1. The van der Waals surface area contributed by atoms with Crippen molar-refractivity contribution in [3.8, 4) is 0 Å². The van der Waals surface area contributed by atoms with Gasteiger partial charge in [0.1, 0.15) is 12.4 Å². The van der Waals surface area contributed by atoms with Gasteiger partial charge in [-0.15, -0.1) is 0 Å². The number of nitrogens with zero attached hydrogens (tertiary/aromatic N) is 3. The van der Waals surface area contributed by atoms with Crippen LogP contribution in [0.15, 0.2) is 58.1 Å². The molecule has 2 aromatic carbocycles. The van der Waals surface area contributed by atoms with Gasteiger partial charge in [0.05, 0.1) is 11.0 Å². The zero-order valence-corrected chi connectivity index (χ0v) is 15.1. The normalized spacial score (nSPS) is 14.5. The van der Waals surface area contributed by atoms with E-state index >= 15 is 0 Å². The lowest BCUT2D eigenvalue weighted by atomic mass is 10.2. The summed E-state index contributed by atoms with van der Waals surface area (Å²) in [4.78, 5) is 43.2. The number of anilines is 1. The van der Waals surface area contributed by atoms with Crippen molar-refractivity contribution < 1.29 is 9.18 Å². The van der Waals surface area contributed by atoms with Crippen LogP contribution in [0.5, 0.6) is 0 Å². The van der Waals surface area contributed by atoms with Crippen molar-refractivity contribution in [2.24, 2.45) is 0 Å². The lowest BCUT2D eigenvalue weighted by molar-refractivity contribution is -0.132. The molecule has 0 saturated carbocycles. The van der Waals surface area contributed by atoms with Crippen LogP contribution >= 0.6 is 0 Å². The summed E-state index contributed by atoms with van der Waals surface area (Å²) in [5, 5.41) is 0. The Labute approximate surface area is 159 Å². The van der Waals surface area contributed by atoms with Crippen molar-refractivity contribution in [2.45, 2.75) is 6.54 Å². The maximum Gasteiger partial charge on any atom is 0.317 e. The van der Waals surface area contributed by atoms with Gasteiger partial charge in [-0.25, -0.2) is 4.39 Å². The number of nitrogens with one attached hydrogen (secondary N) is 1. The van der Waals surface area contributed by atoms with E-state index in [1.165, 1.54) is 16.7 Å². The fourth-order valence-corrected chi connectivity index (χ4v) is 3.48. The molecule has 4 rings (SSSR count). The number of benzene rings is 2. The van der Waals surface area contributed by atoms with Crippen LogP contribution in [0, 0.1) is 5.82 Å². The molecule has 28 heavy (non-hydrogen) atoms. The quantitative estimate of drug-likeness (QED) is 0.690. The molecule has 1 aliphatic heterocycles. The summed E-state index contributed by atoms with van der Waals surface area (Å²) >= 11 is 0. The highest BCUT2D eigenvalue weighted by atomic mass is 19.1. The van der Waals surface area contributed by atoms with Gasteiger partial charge in [0, 0.05) is 31.9 Å². The Morgan fingerprint density at radius 1 is 0.964 bits per heavy atom. The molecule has 2 heterocycles. The molecule has 1 saturated heterocycles. The van der Waals surface area contributed by atoms with Crippen molar-refractivity contribution in [1.82, 2.24) is 14.5 Å². The van der Waals surface area contributed by atoms with E-state index < -0.39 is 11.1 Å². The van der Waals surface area contributed by atoms with Gasteiger partial charge in [0.15, 0.2) is 0 Å². The van der Waals surface area contributed by atoms with Gasteiger partial charge in [0.2, 0.25) is 5.91 Å². The number of aromatic nitrogens is 2. The predicted molar refractivity (Wildman–Crippen MR) is 104 cm³/mol. The first kappa shape index (κ1) is 18.0. The number of halogens is 1. The van der Waals surface area contributed by atoms with E-state index in [0.29, 0.717) is 37.2 Å². The van der Waals surface area contributed by atoms with Crippen LogP contribution < -0.4 is 16.0 Å². The van der Waals surface area contributed by atoms with Gasteiger partial charge in [-0.05, 0) is 36.4 Å². The monoisotopic (exact) mass is 382 g/mol. The minimum Gasteiger partial charge on any atom is -0.368 e. The molecular formula is C20H19FN4O3. The average Bonchev–Trinajstić information content (AvgIpc) is 2.72. The van der Waals surface area contributed by atoms with Gasteiger partial charge in [-0.2, -0.15) is 0 Å². The molecule has 0 bridgehead atoms. The molecule has 1 amide bonds. The fourth-order valence-electron chi connectivity index (χ4n) is 3.48. The minimum atomic E-state index is -0.743. The first-order valence-corrected chi connectivity index (χ1v) is 9.03. The lowest BCUT2D eigenvalue weighted by Gasteiger charge is -2.36. The Hall–Kier alpha value is -3.42. The third kappa shape index (κ3) is 3.40. The van der Waals surface area contributed by atoms with Crippen LogP contribution in [-0.4, -0.2) is 46.5 Å². The number of rotatable bonds is 3. The molecular weight excluding hydrogens is 363 g/mol. The second kappa shape index (κ2) is 7.30. The summed E-state index contributed by atoms with van der Waals surface area (Å²) in [6.45, 7) is 2.03. The Balaban J connectivity index is 1.49. The zero-order valence-electron chi connectivity index (χ0n) is 15.1. The number of fused-ring (bicyclic) bond motifs is 1. The van der Waals surface area contributed by atoms with Crippen molar-refractivity contribution >= 4 is 22.6 Å². The van der Waals surface area contributed by atoms with Crippen LogP contribution in [0.4, 0.5) is 10.1 Å². The molecule has 3 aromatic rings. The van der Waals surface area contributed by atoms with E-state index in [0.717, 1.165) is 5.69 Å². The molecule has 0 radical (unpaired) electrons. The van der Waals surface area contributed by atoms with Gasteiger partial charge in [0.25, 0.3) is 0 Å². The molecule has 0 unspecified atom stereocenters. The summed E-state index contributed by atoms with van der Waals surface area (Å²) in [6, 6.07) is 13.2. The Morgan fingerprint density at radius 2 is 1.64 bits per heavy atom. The van der Waals surface area contributed by atoms with E-state index in [-0.39, 0.29) is 18.3 Å². The Bertz CT molecular complexity index is 1130. The van der Waals surface area contributed by atoms with Crippen molar-refractivity contribution in [3.05, 3.63) is 75.1 Å². The summed E-state index contributed by atoms with van der Waals surface area (Å²) < 4.78 is 14.3. The molecule has 7 nitrogen and oxygen atoms in total. The SMILES string of the molecule is O=C(Cn1c(=O)c(=O)[nH]c2ccccc21)N1CCN(c2ccc(F)cc2)CC1. The van der Waals surface area contributed by atoms with Crippen molar-refractivity contribution in [2.75, 3.05) is 31.1 Å². The van der Waals surface area contributed by atoms with Crippen LogP contribution in [0.3, 0.4) is 0 Å². The summed E-state index contributed by atoms with van der Waals surface area (Å²) in [6.07, 6.45) is 0. The second-order valence-electron chi connectivity index (χ2n) is 6.71. The molecule has 144 valence electrons. The number of hydrogen-bond acceptors (Lipinski definition) is 4. The summed E-state index contributed by atoms with van der Waals surface area (Å²) in [5.41, 5.74) is 0.460. The molecule has 1 fully saturated rings. The predicted octanol–water partition coefficient (Wildman–Crippen LogP) is 1.18. The summed E-state index contributed by atoms with van der Waals surface area (Å²) in [7, 11) is 0. The second-order valence-corrected chi connectivity index (χ2v) is 6.71. The van der Waals surface area contributed by atoms with Gasteiger partial charge < -0.3 is 14.8 Å². The standard InChI is InChI=1S/C20H19FN4O3/c21-14-5-7-15(8-6-14)23-9-11-24(12-10-23)18(26)13-25-17-4-2-1-3-16(17)22-19(27)20(25)28/h1-8H,9-13H2,(H,22,27). The molecule has 1 N–H and O–H groups in total. The third-order valence-corrected chi connectivity index (χ3v) is 5.00. The molecule has 1 aliphatic rings. The van der Waals surface area contributed by atoms with Gasteiger partial charge >= 0.3 is 11.1 Å². The first-order chi connectivity index (χ1) is 13.5. The van der Waals surface area contributed by atoms with Crippen LogP contribution in [-0.2, 0) is 11.3 Å². The van der Waals surface area contributed by atoms with E-state index in [4.69, 9.17) is 0 Å². The van der Waals surface area contributed by atoms with E-state index in [9.17, 15) is 18.8 Å². The largest absolute Gasteiger partial charge is 0.368 e. The maximum atomic E-state index is 13.1. The molecule has 8 heteroatoms. The zero-order chi connectivity index (χ0) is 19.7. The third-order valence-electron chi connectivity index (χ3n) is 5.00. The maximum absolute atomic E-state index is 13.1. The molecule has 0 spiro atoms. The van der Waals surface area contributed by atoms with E-state index in [2.05, 4.69) is 9.88 Å². The van der Waals surface area contributed by atoms with E-state index in [1.807, 2.05) is 0 Å². The van der Waals surface area contributed by atoms with Crippen LogP contribution in [0.1, 0.15) is 0 Å². The topological polar surface area (TPSA) is 78.4 Å². The number of H-pyrrole nitrogens is 1. The number of para-hydroxylation sites is 2. The summed E-state index contributed by atoms with van der Waals surface area (Å²) in [5.74, 6) is -0.496. The highest BCUT2D eigenvalue weighted by molar-refractivity contribution is 5.80. The minimum absolute atomic E-state index is 0.181. The molecule has 0 atom stereocenters. The Morgan fingerprint density at radius 3 is 2.36 bits per heavy atom. The number of amides is 1. The average molecular weight is 382 g/mol. The smallest absolute Gasteiger partial charge is 0.317 e. The van der Waals surface area contributed by atoms with Gasteiger partial charge in [-0.3, -0.25) is 19.0 Å². The van der Waals surface area contributed by atoms with Crippen molar-refractivity contribution in [3.63, 3.8) is 0 Å². The van der Waals surface area contributed by atoms with Crippen LogP contribution in [0.25, 0.3) is 11.0 Å². The van der Waals surface area contributed by atoms with E-state index in [1.54, 1.807) is 41.3 Å². The number of hydrogen-bond donors (Lipinski definition) is 1. The highest BCUT2D eigenvalue weighted by Gasteiger charge is 2.22. The Kier molecular flexibility index (Phi) is 4.68. The fraction of sp³-hybridized carbons (Fsp3) is 0.250. The van der Waals surface area contributed by atoms with Crippen molar-refractivity contribution in [1.29, 1.82) is 0 Å². The first-order valence-electron chi connectivity index (χ1n) is 9.03. The van der Waals surface area contributed by atoms with Crippen LogP contribution in [0.2, 0.25) is 0 Å². The highest BCUT2D eigenvalue weighted by Crippen LogP contribution is 2.17. The number of carbonyl (C=O) groups excluding carboxylic acids is 1. The molecule has 0 aliphatic carbocycles. The van der Waals surface area contributed by atoms with Gasteiger partial charge in [-0.1, -0.05) is 12.1 Å².